The van der Waals surface area contributed by atoms with Crippen molar-refractivity contribution >= 4 is 18.3 Å². The van der Waals surface area contributed by atoms with Gasteiger partial charge in [-0.05, 0) is 31.0 Å². The molecule has 66 valence electrons. The number of hydrogen-bond donors (Lipinski definition) is 2. The maximum atomic E-state index is 5.68. The summed E-state index contributed by atoms with van der Waals surface area (Å²) >= 11 is 4.57. The zero-order chi connectivity index (χ0) is 9.19. The topological polar surface area (TPSA) is 26.0 Å². The summed E-state index contributed by atoms with van der Waals surface area (Å²) in [6.07, 6.45) is 1.000. The van der Waals surface area contributed by atoms with E-state index in [9.17, 15) is 0 Å². The predicted octanol–water partition coefficient (Wildman–Crippen LogP) is 2.82. The van der Waals surface area contributed by atoms with Crippen LogP contribution in [-0.4, -0.2) is 0 Å². The van der Waals surface area contributed by atoms with Crippen molar-refractivity contribution in [3.05, 3.63) is 29.8 Å². The maximum absolute atomic E-state index is 5.68. The Bertz CT molecular complexity index is 268. The summed E-state index contributed by atoms with van der Waals surface area (Å²) < 4.78 is -0.0601. The van der Waals surface area contributed by atoms with Gasteiger partial charge in [0.05, 0.1) is 0 Å². The van der Waals surface area contributed by atoms with Crippen molar-refractivity contribution < 1.29 is 0 Å². The van der Waals surface area contributed by atoms with Gasteiger partial charge in [0.25, 0.3) is 0 Å². The largest absolute Gasteiger partial charge is 0.399 e. The van der Waals surface area contributed by atoms with E-state index >= 15 is 0 Å². The van der Waals surface area contributed by atoms with Gasteiger partial charge in [-0.2, -0.15) is 12.6 Å². The lowest BCUT2D eigenvalue weighted by Gasteiger charge is -2.22. The molecule has 0 heterocycles. The molecule has 0 aliphatic carbocycles. The molecule has 0 radical (unpaired) electrons. The molecule has 1 aromatic rings. The van der Waals surface area contributed by atoms with Crippen LogP contribution >= 0.6 is 12.6 Å². The third-order valence-corrected chi connectivity index (χ3v) is 2.77. The van der Waals surface area contributed by atoms with Crippen molar-refractivity contribution in [3.63, 3.8) is 0 Å². The first-order valence-corrected chi connectivity index (χ1v) is 4.59. The second-order valence-corrected chi connectivity index (χ2v) is 4.24. The fourth-order valence-corrected chi connectivity index (χ4v) is 1.22. The van der Waals surface area contributed by atoms with Crippen LogP contribution in [0.2, 0.25) is 0 Å². The van der Waals surface area contributed by atoms with E-state index < -0.39 is 0 Å². The molecule has 0 fully saturated rings. The molecule has 0 bridgehead atoms. The van der Waals surface area contributed by atoms with Gasteiger partial charge in [0.15, 0.2) is 0 Å². The zero-order valence-corrected chi connectivity index (χ0v) is 8.44. The SMILES string of the molecule is CCC(C)(S)c1cccc(N)c1. The standard InChI is InChI=1S/C10H15NS/c1-3-10(2,12)8-5-4-6-9(11)7-8/h4-7,12H,3,11H2,1-2H3. The molecule has 1 rings (SSSR count). The second kappa shape index (κ2) is 3.40. The highest BCUT2D eigenvalue weighted by molar-refractivity contribution is 7.81. The summed E-state index contributed by atoms with van der Waals surface area (Å²) in [7, 11) is 0. The molecule has 1 aromatic carbocycles. The molecule has 12 heavy (non-hydrogen) atoms. The minimum absolute atomic E-state index is 0.0601. The van der Waals surface area contributed by atoms with Gasteiger partial charge in [0.2, 0.25) is 0 Å². The molecule has 0 saturated carbocycles. The monoisotopic (exact) mass is 181 g/mol. The predicted molar refractivity (Wildman–Crippen MR) is 57.5 cm³/mol. The van der Waals surface area contributed by atoms with Gasteiger partial charge in [-0.3, -0.25) is 0 Å². The number of nitrogens with two attached hydrogens (primary N) is 1. The van der Waals surface area contributed by atoms with Crippen molar-refractivity contribution in [1.29, 1.82) is 0 Å². The summed E-state index contributed by atoms with van der Waals surface area (Å²) in [5.74, 6) is 0. The number of anilines is 1. The Morgan fingerprint density at radius 3 is 2.67 bits per heavy atom. The molecule has 2 heteroatoms. The molecule has 0 spiro atoms. The van der Waals surface area contributed by atoms with Gasteiger partial charge in [0.1, 0.15) is 0 Å². The zero-order valence-electron chi connectivity index (χ0n) is 7.54. The van der Waals surface area contributed by atoms with E-state index in [4.69, 9.17) is 5.73 Å². The lowest BCUT2D eigenvalue weighted by molar-refractivity contribution is 0.671. The number of benzene rings is 1. The Morgan fingerprint density at radius 2 is 2.17 bits per heavy atom. The number of thiol groups is 1. The Balaban J connectivity index is 3.03. The Kier molecular flexibility index (Phi) is 2.68. The lowest BCUT2D eigenvalue weighted by Crippen LogP contribution is -2.12. The van der Waals surface area contributed by atoms with Crippen molar-refractivity contribution in [2.45, 2.75) is 25.0 Å². The van der Waals surface area contributed by atoms with E-state index in [1.54, 1.807) is 0 Å². The molecule has 0 aliphatic rings. The van der Waals surface area contributed by atoms with Crippen LogP contribution in [0.3, 0.4) is 0 Å². The Morgan fingerprint density at radius 1 is 1.50 bits per heavy atom. The third-order valence-electron chi connectivity index (χ3n) is 2.20. The number of nitrogen functional groups attached to an aromatic ring is 1. The molecular formula is C10H15NS. The summed E-state index contributed by atoms with van der Waals surface area (Å²) in [4.78, 5) is 0. The highest BCUT2D eigenvalue weighted by Gasteiger charge is 2.18. The van der Waals surface area contributed by atoms with Crippen LogP contribution in [0.5, 0.6) is 0 Å². The van der Waals surface area contributed by atoms with Gasteiger partial charge < -0.3 is 5.73 Å². The van der Waals surface area contributed by atoms with E-state index in [1.165, 1.54) is 5.56 Å². The van der Waals surface area contributed by atoms with E-state index in [1.807, 2.05) is 18.2 Å². The Labute approximate surface area is 79.4 Å². The smallest absolute Gasteiger partial charge is 0.0348 e. The first-order chi connectivity index (χ1) is 5.56. The van der Waals surface area contributed by atoms with E-state index in [0.29, 0.717) is 0 Å². The average Bonchev–Trinajstić information content (AvgIpc) is 2.05. The molecule has 2 N–H and O–H groups in total. The van der Waals surface area contributed by atoms with Gasteiger partial charge in [-0.1, -0.05) is 19.1 Å². The lowest BCUT2D eigenvalue weighted by atomic mass is 9.97. The second-order valence-electron chi connectivity index (χ2n) is 3.25. The fourth-order valence-electron chi connectivity index (χ4n) is 1.08. The van der Waals surface area contributed by atoms with Crippen molar-refractivity contribution in [1.82, 2.24) is 0 Å². The van der Waals surface area contributed by atoms with Crippen LogP contribution in [-0.2, 0) is 4.75 Å². The van der Waals surface area contributed by atoms with Crippen LogP contribution in [0, 0.1) is 0 Å². The highest BCUT2D eigenvalue weighted by atomic mass is 32.1. The van der Waals surface area contributed by atoms with E-state index in [0.717, 1.165) is 12.1 Å². The van der Waals surface area contributed by atoms with Crippen LogP contribution < -0.4 is 5.73 Å². The maximum Gasteiger partial charge on any atom is 0.0348 e. The molecule has 0 aliphatic heterocycles. The van der Waals surface area contributed by atoms with Crippen LogP contribution in [0.25, 0.3) is 0 Å². The van der Waals surface area contributed by atoms with Gasteiger partial charge in [0, 0.05) is 10.4 Å². The highest BCUT2D eigenvalue weighted by Crippen LogP contribution is 2.31. The molecule has 1 unspecified atom stereocenters. The number of rotatable bonds is 2. The molecule has 0 amide bonds. The summed E-state index contributed by atoms with van der Waals surface area (Å²) in [5, 5.41) is 0. The third kappa shape index (κ3) is 1.95. The quantitative estimate of drug-likeness (QED) is 0.532. The summed E-state index contributed by atoms with van der Waals surface area (Å²) in [5.41, 5.74) is 7.67. The fraction of sp³-hybridized carbons (Fsp3) is 0.400. The minimum atomic E-state index is -0.0601. The number of hydrogen-bond acceptors (Lipinski definition) is 2. The van der Waals surface area contributed by atoms with Crippen LogP contribution in [0.4, 0.5) is 5.69 Å². The first-order valence-electron chi connectivity index (χ1n) is 4.14. The van der Waals surface area contributed by atoms with Gasteiger partial charge >= 0.3 is 0 Å². The van der Waals surface area contributed by atoms with Crippen molar-refractivity contribution in [2.75, 3.05) is 5.73 Å². The first kappa shape index (κ1) is 9.46. The van der Waals surface area contributed by atoms with Gasteiger partial charge in [-0.25, -0.2) is 0 Å². The van der Waals surface area contributed by atoms with Crippen LogP contribution in [0.15, 0.2) is 24.3 Å². The van der Waals surface area contributed by atoms with Crippen LogP contribution in [0.1, 0.15) is 25.8 Å². The van der Waals surface area contributed by atoms with Gasteiger partial charge in [-0.15, -0.1) is 0 Å². The van der Waals surface area contributed by atoms with E-state index in [2.05, 4.69) is 32.5 Å². The minimum Gasteiger partial charge on any atom is -0.399 e. The molecular weight excluding hydrogens is 166 g/mol. The Hall–Kier alpha value is -0.630. The molecule has 0 saturated heterocycles. The van der Waals surface area contributed by atoms with E-state index in [-0.39, 0.29) is 4.75 Å². The normalized spacial score (nSPS) is 15.6. The molecule has 1 atom stereocenters. The van der Waals surface area contributed by atoms with Crippen molar-refractivity contribution in [2.24, 2.45) is 0 Å². The summed E-state index contributed by atoms with van der Waals surface area (Å²) in [6, 6.07) is 7.90. The molecule has 1 nitrogen and oxygen atoms in total. The van der Waals surface area contributed by atoms with Crippen molar-refractivity contribution in [3.8, 4) is 0 Å². The summed E-state index contributed by atoms with van der Waals surface area (Å²) in [6.45, 7) is 4.22. The average molecular weight is 181 g/mol. The molecule has 0 aromatic heterocycles.